The molecule has 1 aromatic heterocycles. The largest absolute Gasteiger partial charge is 0.396 e. The number of carbonyl (C=O) groups is 1. The van der Waals surface area contributed by atoms with E-state index in [-0.39, 0.29) is 17.3 Å². The van der Waals surface area contributed by atoms with Gasteiger partial charge < -0.3 is 11.1 Å². The summed E-state index contributed by atoms with van der Waals surface area (Å²) in [5.74, 6) is 0.200. The predicted molar refractivity (Wildman–Crippen MR) is 74.8 cm³/mol. The van der Waals surface area contributed by atoms with E-state index >= 15 is 0 Å². The van der Waals surface area contributed by atoms with E-state index in [1.54, 1.807) is 6.92 Å². The van der Waals surface area contributed by atoms with Crippen molar-refractivity contribution in [1.82, 2.24) is 9.36 Å². The first-order valence-corrected chi connectivity index (χ1v) is 7.08. The highest BCUT2D eigenvalue weighted by Crippen LogP contribution is 2.21. The molecule has 1 amide bonds. The van der Waals surface area contributed by atoms with E-state index in [9.17, 15) is 9.18 Å². The van der Waals surface area contributed by atoms with Gasteiger partial charge >= 0.3 is 0 Å². The van der Waals surface area contributed by atoms with Crippen LogP contribution in [0.15, 0.2) is 22.5 Å². The molecule has 2 aromatic rings. The van der Waals surface area contributed by atoms with Gasteiger partial charge in [0.1, 0.15) is 11.6 Å². The van der Waals surface area contributed by atoms with Gasteiger partial charge in [0.25, 0.3) is 0 Å². The van der Waals surface area contributed by atoms with E-state index in [1.165, 1.54) is 41.5 Å². The maximum Gasteiger partial charge on any atom is 0.234 e. The summed E-state index contributed by atoms with van der Waals surface area (Å²) in [5.41, 5.74) is 5.89. The van der Waals surface area contributed by atoms with Gasteiger partial charge in [-0.15, -0.1) is 0 Å². The molecule has 1 aromatic carbocycles. The number of nitrogen functional groups attached to an aromatic ring is 1. The number of hydrogen-bond donors (Lipinski definition) is 2. The zero-order valence-electron chi connectivity index (χ0n) is 10.0. The van der Waals surface area contributed by atoms with E-state index in [0.717, 1.165) is 4.34 Å². The van der Waals surface area contributed by atoms with Gasteiger partial charge in [-0.05, 0) is 36.7 Å². The van der Waals surface area contributed by atoms with Gasteiger partial charge in [0.15, 0.2) is 4.34 Å². The molecule has 0 spiro atoms. The molecule has 1 heterocycles. The molecule has 0 radical (unpaired) electrons. The van der Waals surface area contributed by atoms with Gasteiger partial charge in [-0.1, -0.05) is 11.8 Å². The average molecular weight is 298 g/mol. The highest BCUT2D eigenvalue weighted by molar-refractivity contribution is 8.01. The van der Waals surface area contributed by atoms with E-state index in [1.807, 2.05) is 0 Å². The Labute approximate surface area is 117 Å². The minimum absolute atomic E-state index is 0.00482. The summed E-state index contributed by atoms with van der Waals surface area (Å²) >= 11 is 2.56. The minimum atomic E-state index is -0.503. The van der Waals surface area contributed by atoms with Gasteiger partial charge in [-0.2, -0.15) is 4.37 Å². The third kappa shape index (κ3) is 3.90. The first kappa shape index (κ1) is 13.8. The van der Waals surface area contributed by atoms with Crippen LogP contribution in [0.2, 0.25) is 0 Å². The Morgan fingerprint density at radius 3 is 3.00 bits per heavy atom. The van der Waals surface area contributed by atoms with Crippen LogP contribution < -0.4 is 11.1 Å². The van der Waals surface area contributed by atoms with E-state index < -0.39 is 5.82 Å². The van der Waals surface area contributed by atoms with Crippen molar-refractivity contribution in [3.05, 3.63) is 29.8 Å². The number of thioether (sulfide) groups is 1. The zero-order chi connectivity index (χ0) is 13.8. The van der Waals surface area contributed by atoms with Crippen molar-refractivity contribution in [2.75, 3.05) is 16.8 Å². The lowest BCUT2D eigenvalue weighted by atomic mass is 10.2. The second-order valence-corrected chi connectivity index (χ2v) is 5.65. The summed E-state index contributed by atoms with van der Waals surface area (Å²) in [4.78, 5) is 15.8. The SMILES string of the molecule is Cc1nsc(SCC(=O)Nc2ccc(F)c(N)c2)n1. The van der Waals surface area contributed by atoms with Crippen molar-refractivity contribution in [3.63, 3.8) is 0 Å². The monoisotopic (exact) mass is 298 g/mol. The Hall–Kier alpha value is -1.67. The maximum absolute atomic E-state index is 13.0. The van der Waals surface area contributed by atoms with Crippen molar-refractivity contribution in [1.29, 1.82) is 0 Å². The van der Waals surface area contributed by atoms with Gasteiger partial charge in [0.2, 0.25) is 5.91 Å². The topological polar surface area (TPSA) is 80.9 Å². The van der Waals surface area contributed by atoms with Crippen molar-refractivity contribution >= 4 is 40.6 Å². The fraction of sp³-hybridized carbons (Fsp3) is 0.182. The molecular formula is C11H11FN4OS2. The summed E-state index contributed by atoms with van der Waals surface area (Å²) in [6.45, 7) is 1.79. The van der Waals surface area contributed by atoms with Crippen LogP contribution in [0.25, 0.3) is 0 Å². The zero-order valence-corrected chi connectivity index (χ0v) is 11.6. The van der Waals surface area contributed by atoms with Crippen molar-refractivity contribution in [3.8, 4) is 0 Å². The number of nitrogens with zero attached hydrogens (tertiary/aromatic N) is 2. The molecule has 3 N–H and O–H groups in total. The quantitative estimate of drug-likeness (QED) is 0.668. The molecule has 8 heteroatoms. The number of aromatic nitrogens is 2. The molecule has 19 heavy (non-hydrogen) atoms. The lowest BCUT2D eigenvalue weighted by Crippen LogP contribution is -2.14. The number of amides is 1. The third-order valence-electron chi connectivity index (χ3n) is 2.12. The van der Waals surface area contributed by atoms with Gasteiger partial charge in [0.05, 0.1) is 11.4 Å². The summed E-state index contributed by atoms with van der Waals surface area (Å²) in [5, 5.41) is 2.64. The average Bonchev–Trinajstić information content (AvgIpc) is 2.77. The fourth-order valence-corrected chi connectivity index (χ4v) is 2.73. The van der Waals surface area contributed by atoms with Crippen LogP contribution in [0.5, 0.6) is 0 Å². The number of aryl methyl sites for hydroxylation is 1. The molecule has 0 fully saturated rings. The Morgan fingerprint density at radius 2 is 2.37 bits per heavy atom. The van der Waals surface area contributed by atoms with Crippen LogP contribution in [0.3, 0.4) is 0 Å². The Bertz CT molecular complexity index is 602. The van der Waals surface area contributed by atoms with Gasteiger partial charge in [0, 0.05) is 5.69 Å². The van der Waals surface area contributed by atoms with Crippen LogP contribution >= 0.6 is 23.3 Å². The molecule has 0 aliphatic heterocycles. The van der Waals surface area contributed by atoms with Crippen molar-refractivity contribution < 1.29 is 9.18 Å². The number of nitrogens with two attached hydrogens (primary N) is 1. The van der Waals surface area contributed by atoms with E-state index in [4.69, 9.17) is 5.73 Å². The number of benzene rings is 1. The number of halogens is 1. The molecule has 0 saturated carbocycles. The van der Waals surface area contributed by atoms with Gasteiger partial charge in [-0.25, -0.2) is 9.37 Å². The van der Waals surface area contributed by atoms with E-state index in [0.29, 0.717) is 11.5 Å². The maximum atomic E-state index is 13.0. The Kier molecular flexibility index (Phi) is 4.33. The summed E-state index contributed by atoms with van der Waals surface area (Å²) in [6.07, 6.45) is 0. The van der Waals surface area contributed by atoms with Crippen LogP contribution in [-0.2, 0) is 4.79 Å². The summed E-state index contributed by atoms with van der Waals surface area (Å²) in [7, 11) is 0. The number of hydrogen-bond acceptors (Lipinski definition) is 6. The minimum Gasteiger partial charge on any atom is -0.396 e. The highest BCUT2D eigenvalue weighted by atomic mass is 32.2. The predicted octanol–water partition coefficient (Wildman–Crippen LogP) is 2.30. The van der Waals surface area contributed by atoms with Crippen molar-refractivity contribution in [2.24, 2.45) is 0 Å². The van der Waals surface area contributed by atoms with Crippen LogP contribution in [0.4, 0.5) is 15.8 Å². The first-order valence-electron chi connectivity index (χ1n) is 5.32. The smallest absolute Gasteiger partial charge is 0.234 e. The highest BCUT2D eigenvalue weighted by Gasteiger charge is 2.08. The lowest BCUT2D eigenvalue weighted by Gasteiger charge is -2.05. The van der Waals surface area contributed by atoms with E-state index in [2.05, 4.69) is 14.7 Å². The number of rotatable bonds is 4. The standard InChI is InChI=1S/C11H11FN4OS2/c1-6-14-11(19-16-6)18-5-10(17)15-7-2-3-8(12)9(13)4-7/h2-4H,5,13H2,1H3,(H,15,17). The molecule has 0 atom stereocenters. The molecule has 0 aliphatic rings. The summed E-state index contributed by atoms with van der Waals surface area (Å²) in [6, 6.07) is 4.06. The lowest BCUT2D eigenvalue weighted by molar-refractivity contribution is -0.113. The second kappa shape index (κ2) is 5.98. The number of carbonyl (C=O) groups excluding carboxylic acids is 1. The molecule has 100 valence electrons. The third-order valence-corrected chi connectivity index (χ3v) is 4.04. The summed E-state index contributed by atoms with van der Waals surface area (Å²) < 4.78 is 17.7. The second-order valence-electron chi connectivity index (χ2n) is 3.68. The molecule has 5 nitrogen and oxygen atoms in total. The Balaban J connectivity index is 1.88. The molecular weight excluding hydrogens is 287 g/mol. The fourth-order valence-electron chi connectivity index (χ4n) is 1.28. The van der Waals surface area contributed by atoms with Crippen LogP contribution in [0, 0.1) is 12.7 Å². The first-order chi connectivity index (χ1) is 9.04. The van der Waals surface area contributed by atoms with Crippen LogP contribution in [0.1, 0.15) is 5.82 Å². The normalized spacial score (nSPS) is 10.4. The molecule has 0 aliphatic carbocycles. The number of nitrogens with one attached hydrogen (secondary N) is 1. The van der Waals surface area contributed by atoms with Crippen molar-refractivity contribution in [2.45, 2.75) is 11.3 Å². The number of anilines is 2. The molecule has 2 rings (SSSR count). The molecule has 0 unspecified atom stereocenters. The van der Waals surface area contributed by atoms with Gasteiger partial charge in [-0.3, -0.25) is 4.79 Å². The van der Waals surface area contributed by atoms with Crippen LogP contribution in [-0.4, -0.2) is 21.0 Å². The Morgan fingerprint density at radius 1 is 1.58 bits per heavy atom. The molecule has 0 bridgehead atoms. The molecule has 0 saturated heterocycles.